The Hall–Kier alpha value is -1.63. The largest absolute Gasteiger partial charge is 0.492 e. The molecule has 0 amide bonds. The van der Waals surface area contributed by atoms with Crippen molar-refractivity contribution in [2.75, 3.05) is 13.1 Å². The average Bonchev–Trinajstić information content (AvgIpc) is 3.14. The summed E-state index contributed by atoms with van der Waals surface area (Å²) in [5.74, 6) is 2.18. The summed E-state index contributed by atoms with van der Waals surface area (Å²) >= 11 is 7.82. The number of likely N-dealkylation sites (tertiary alicyclic amines) is 1. The number of piperidine rings is 1. The third kappa shape index (κ3) is 3.58. The summed E-state index contributed by atoms with van der Waals surface area (Å²) in [7, 11) is 0. The molecular weight excluding hydrogens is 380 g/mol. The van der Waals surface area contributed by atoms with Gasteiger partial charge in [-0.25, -0.2) is 4.98 Å². The fraction of sp³-hybridized carbons (Fsp3) is 0.500. The number of benzene rings is 1. The van der Waals surface area contributed by atoms with E-state index in [0.29, 0.717) is 16.9 Å². The van der Waals surface area contributed by atoms with Crippen LogP contribution >= 0.6 is 22.9 Å². The maximum Gasteiger partial charge on any atom is 0.230 e. The van der Waals surface area contributed by atoms with Crippen LogP contribution in [0.5, 0.6) is 5.88 Å². The van der Waals surface area contributed by atoms with Crippen LogP contribution in [0.2, 0.25) is 5.02 Å². The van der Waals surface area contributed by atoms with Gasteiger partial charge in [-0.2, -0.15) is 4.52 Å². The Morgan fingerprint density at radius 1 is 1.30 bits per heavy atom. The second-order valence-corrected chi connectivity index (χ2v) is 9.17. The predicted octanol–water partition coefficient (Wildman–Crippen LogP) is 4.78. The fourth-order valence-corrected chi connectivity index (χ4v) is 5.58. The average molecular weight is 405 g/mol. The van der Waals surface area contributed by atoms with Crippen LogP contribution in [0.4, 0.5) is 0 Å². The monoisotopic (exact) mass is 404 g/mol. The maximum atomic E-state index is 11.0. The third-order valence-electron chi connectivity index (χ3n) is 5.23. The molecule has 4 rings (SSSR count). The van der Waals surface area contributed by atoms with Crippen molar-refractivity contribution < 1.29 is 5.11 Å². The van der Waals surface area contributed by atoms with E-state index < -0.39 is 0 Å². The second kappa shape index (κ2) is 7.41. The lowest BCUT2D eigenvalue weighted by atomic mass is 9.89. The first-order valence-electron chi connectivity index (χ1n) is 9.53. The molecular formula is C20H25ClN4OS. The van der Waals surface area contributed by atoms with Crippen LogP contribution in [0.3, 0.4) is 0 Å². The number of halogens is 1. The number of hydrogen-bond acceptors (Lipinski definition) is 5. The maximum absolute atomic E-state index is 11.0. The van der Waals surface area contributed by atoms with Gasteiger partial charge in [-0.3, -0.25) is 4.90 Å². The Bertz CT molecular complexity index is 943. The number of aromatic hydroxyl groups is 1. The van der Waals surface area contributed by atoms with Crippen molar-refractivity contribution in [2.45, 2.75) is 39.7 Å². The molecule has 144 valence electrons. The molecule has 3 aromatic rings. The number of nitrogens with zero attached hydrogens (tertiary/aromatic N) is 4. The normalized spacial score (nSPS) is 22.4. The van der Waals surface area contributed by atoms with Crippen LogP contribution in [0.25, 0.3) is 4.96 Å². The molecule has 27 heavy (non-hydrogen) atoms. The molecule has 2 aromatic heterocycles. The lowest BCUT2D eigenvalue weighted by Gasteiger charge is -2.40. The van der Waals surface area contributed by atoms with Crippen molar-refractivity contribution in [1.82, 2.24) is 19.5 Å². The number of hydrogen-bond donors (Lipinski definition) is 1. The van der Waals surface area contributed by atoms with E-state index in [1.807, 2.05) is 25.1 Å². The molecule has 1 N–H and O–H groups in total. The summed E-state index contributed by atoms with van der Waals surface area (Å²) in [5, 5.41) is 16.1. The first-order chi connectivity index (χ1) is 13.0. The van der Waals surface area contributed by atoms with Crippen molar-refractivity contribution in [3.63, 3.8) is 0 Å². The molecule has 0 aliphatic carbocycles. The molecule has 1 aromatic carbocycles. The highest BCUT2D eigenvalue weighted by Gasteiger charge is 2.33. The lowest BCUT2D eigenvalue weighted by Crippen LogP contribution is -2.41. The Morgan fingerprint density at radius 3 is 2.67 bits per heavy atom. The first kappa shape index (κ1) is 18.7. The van der Waals surface area contributed by atoms with Gasteiger partial charge in [-0.05, 0) is 36.0 Å². The van der Waals surface area contributed by atoms with Gasteiger partial charge in [0.05, 0.1) is 10.9 Å². The van der Waals surface area contributed by atoms with Crippen molar-refractivity contribution >= 4 is 27.9 Å². The van der Waals surface area contributed by atoms with Gasteiger partial charge in [0.15, 0.2) is 5.82 Å². The first-order valence-corrected chi connectivity index (χ1v) is 10.7. The summed E-state index contributed by atoms with van der Waals surface area (Å²) in [6.45, 7) is 8.61. The topological polar surface area (TPSA) is 53.7 Å². The van der Waals surface area contributed by atoms with Crippen LogP contribution in [0.1, 0.15) is 49.5 Å². The molecule has 0 unspecified atom stereocenters. The van der Waals surface area contributed by atoms with Crippen molar-refractivity contribution in [2.24, 2.45) is 11.8 Å². The molecule has 0 saturated carbocycles. The minimum Gasteiger partial charge on any atom is -0.492 e. The van der Waals surface area contributed by atoms with Crippen LogP contribution in [0, 0.1) is 11.8 Å². The summed E-state index contributed by atoms with van der Waals surface area (Å²) in [6.07, 6.45) is 1.99. The highest BCUT2D eigenvalue weighted by atomic mass is 35.5. The van der Waals surface area contributed by atoms with E-state index in [9.17, 15) is 5.11 Å². The Kier molecular flexibility index (Phi) is 5.14. The highest BCUT2D eigenvalue weighted by molar-refractivity contribution is 7.17. The molecule has 0 spiro atoms. The summed E-state index contributed by atoms with van der Waals surface area (Å²) in [4.78, 5) is 8.64. The second-order valence-electron chi connectivity index (χ2n) is 7.72. The summed E-state index contributed by atoms with van der Waals surface area (Å²) in [6, 6.07) is 7.91. The van der Waals surface area contributed by atoms with Crippen molar-refractivity contribution in [3.05, 3.63) is 45.6 Å². The number of aryl methyl sites for hydroxylation is 1. The smallest absolute Gasteiger partial charge is 0.230 e. The SMILES string of the molecule is CCc1nc2sc([C@H](c3cccc(Cl)c3)N3C[C@H](C)C[C@@H](C)C3)c(O)n2n1. The van der Waals surface area contributed by atoms with Crippen LogP contribution in [-0.2, 0) is 6.42 Å². The molecule has 1 fully saturated rings. The minimum atomic E-state index is -0.0486. The lowest BCUT2D eigenvalue weighted by molar-refractivity contribution is 0.112. The quantitative estimate of drug-likeness (QED) is 0.679. The molecule has 3 heterocycles. The Labute approximate surface area is 168 Å². The van der Waals surface area contributed by atoms with Gasteiger partial charge in [0.25, 0.3) is 0 Å². The van der Waals surface area contributed by atoms with Crippen molar-refractivity contribution in [3.8, 4) is 5.88 Å². The van der Waals surface area contributed by atoms with Crippen LogP contribution in [0.15, 0.2) is 24.3 Å². The number of fused-ring (bicyclic) bond motifs is 1. The van der Waals surface area contributed by atoms with Gasteiger partial charge >= 0.3 is 0 Å². The molecule has 7 heteroatoms. The predicted molar refractivity (Wildman–Crippen MR) is 110 cm³/mol. The Morgan fingerprint density at radius 2 is 2.04 bits per heavy atom. The number of rotatable bonds is 4. The zero-order chi connectivity index (χ0) is 19.1. The van der Waals surface area contributed by atoms with Gasteiger partial charge in [-0.1, -0.05) is 55.8 Å². The molecule has 1 aliphatic heterocycles. The molecule has 3 atom stereocenters. The number of thiazole rings is 1. The molecule has 0 bridgehead atoms. The zero-order valence-corrected chi connectivity index (χ0v) is 17.5. The van der Waals surface area contributed by atoms with Crippen LogP contribution in [-0.4, -0.2) is 37.7 Å². The Balaban J connectivity index is 1.82. The zero-order valence-electron chi connectivity index (χ0n) is 15.9. The third-order valence-corrected chi connectivity index (χ3v) is 6.54. The summed E-state index contributed by atoms with van der Waals surface area (Å²) in [5.41, 5.74) is 1.10. The van der Waals surface area contributed by atoms with E-state index in [0.717, 1.165) is 40.7 Å². The summed E-state index contributed by atoms with van der Waals surface area (Å²) < 4.78 is 1.58. The van der Waals surface area contributed by atoms with E-state index in [-0.39, 0.29) is 11.9 Å². The van der Waals surface area contributed by atoms with Gasteiger partial charge in [0.1, 0.15) is 0 Å². The fourth-order valence-electron chi connectivity index (χ4n) is 4.25. The van der Waals surface area contributed by atoms with E-state index in [1.165, 1.54) is 17.8 Å². The highest BCUT2D eigenvalue weighted by Crippen LogP contribution is 2.42. The molecule has 5 nitrogen and oxygen atoms in total. The van der Waals surface area contributed by atoms with E-state index in [4.69, 9.17) is 11.6 Å². The standard InChI is InChI=1S/C20H25ClN4OS/c1-4-16-22-20-25(23-16)19(26)18(27-20)17(14-6-5-7-15(21)9-14)24-10-12(2)8-13(3)11-24/h5-7,9,12-13,17,26H,4,8,10-11H2,1-3H3/t12-,13-,17+/m1/s1. The molecule has 0 radical (unpaired) electrons. The molecule has 1 saturated heterocycles. The van der Waals surface area contributed by atoms with E-state index >= 15 is 0 Å². The number of aromatic nitrogens is 3. The van der Waals surface area contributed by atoms with Gasteiger partial charge in [-0.15, -0.1) is 5.10 Å². The van der Waals surface area contributed by atoms with Crippen LogP contribution < -0.4 is 0 Å². The van der Waals surface area contributed by atoms with Gasteiger partial charge in [0.2, 0.25) is 10.8 Å². The van der Waals surface area contributed by atoms with Gasteiger partial charge in [0, 0.05) is 24.5 Å². The minimum absolute atomic E-state index is 0.0486. The van der Waals surface area contributed by atoms with E-state index in [1.54, 1.807) is 4.52 Å². The van der Waals surface area contributed by atoms with E-state index in [2.05, 4.69) is 34.9 Å². The van der Waals surface area contributed by atoms with Crippen molar-refractivity contribution in [1.29, 1.82) is 0 Å². The van der Waals surface area contributed by atoms with Gasteiger partial charge < -0.3 is 5.11 Å². The molecule has 1 aliphatic rings.